The van der Waals surface area contributed by atoms with E-state index in [4.69, 9.17) is 9.47 Å². The highest BCUT2D eigenvalue weighted by molar-refractivity contribution is 5.94. The summed E-state index contributed by atoms with van der Waals surface area (Å²) in [6.45, 7) is 8.15. The number of aromatic amines is 1. The molecule has 0 bridgehead atoms. The quantitative estimate of drug-likeness (QED) is 0.669. The summed E-state index contributed by atoms with van der Waals surface area (Å²) in [6.07, 6.45) is 2.27. The molecule has 0 saturated carbocycles. The van der Waals surface area contributed by atoms with E-state index in [9.17, 15) is 14.4 Å². The lowest BCUT2D eigenvalue weighted by Crippen LogP contribution is -2.54. The maximum atomic E-state index is 13.3. The number of nitrogens with one attached hydrogen (secondary N) is 1. The molecule has 2 amide bonds. The van der Waals surface area contributed by atoms with Crippen molar-refractivity contribution in [2.45, 2.75) is 52.0 Å². The van der Waals surface area contributed by atoms with Gasteiger partial charge in [-0.1, -0.05) is 13.8 Å². The first-order valence-corrected chi connectivity index (χ1v) is 10.7. The molecule has 3 rings (SSSR count). The molecule has 1 aromatic heterocycles. The largest absolute Gasteiger partial charge is 0.463 e. The minimum Gasteiger partial charge on any atom is -0.463 e. The second-order valence-corrected chi connectivity index (χ2v) is 8.61. The van der Waals surface area contributed by atoms with Crippen LogP contribution in [-0.4, -0.2) is 82.8 Å². The highest BCUT2D eigenvalue weighted by Crippen LogP contribution is 2.35. The minimum atomic E-state index is -0.852. The van der Waals surface area contributed by atoms with Gasteiger partial charge in [0.1, 0.15) is 12.3 Å². The summed E-state index contributed by atoms with van der Waals surface area (Å²) in [5.41, 5.74) is 0.385. The number of esters is 1. The van der Waals surface area contributed by atoms with Crippen LogP contribution in [0.3, 0.4) is 0 Å². The Morgan fingerprint density at radius 1 is 1.27 bits per heavy atom. The lowest BCUT2D eigenvalue weighted by Gasteiger charge is -2.39. The van der Waals surface area contributed by atoms with E-state index < -0.39 is 11.5 Å². The molecule has 0 spiro atoms. The summed E-state index contributed by atoms with van der Waals surface area (Å²) in [6, 6.07) is 1.78. The lowest BCUT2D eigenvalue weighted by molar-refractivity contribution is -0.148. The van der Waals surface area contributed by atoms with Gasteiger partial charge >= 0.3 is 5.97 Å². The summed E-state index contributed by atoms with van der Waals surface area (Å²) in [4.78, 5) is 41.3. The van der Waals surface area contributed by atoms with Crippen LogP contribution in [0.4, 0.5) is 0 Å². The van der Waals surface area contributed by atoms with E-state index in [0.717, 1.165) is 18.5 Å². The molecule has 9 nitrogen and oxygen atoms in total. The number of H-pyrrole nitrogens is 1. The molecule has 9 heteroatoms. The summed E-state index contributed by atoms with van der Waals surface area (Å²) in [5, 5.41) is 7.15. The Morgan fingerprint density at radius 2 is 2.00 bits per heavy atom. The van der Waals surface area contributed by atoms with Gasteiger partial charge in [-0.25, -0.2) is 0 Å². The van der Waals surface area contributed by atoms with E-state index in [1.165, 1.54) is 6.92 Å². The van der Waals surface area contributed by atoms with Gasteiger partial charge in [0.05, 0.1) is 25.2 Å². The van der Waals surface area contributed by atoms with Gasteiger partial charge in [-0.2, -0.15) is 5.10 Å². The standard InChI is InChI=1S/C21H32N4O5/c1-15(2)11-17-12-18(23-22-17)20(28)25-6-4-5-21(25,14-30-16(3)26)13-19(27)24-7-9-29-10-8-24/h12,15H,4-11,13-14H2,1-3H3,(H,22,23). The van der Waals surface area contributed by atoms with Gasteiger partial charge < -0.3 is 19.3 Å². The molecule has 30 heavy (non-hydrogen) atoms. The number of likely N-dealkylation sites (tertiary alicyclic amines) is 1. The predicted molar refractivity (Wildman–Crippen MR) is 109 cm³/mol. The molecule has 0 aromatic carbocycles. The van der Waals surface area contributed by atoms with Crippen molar-refractivity contribution in [2.24, 2.45) is 5.92 Å². The lowest BCUT2D eigenvalue weighted by atomic mass is 9.91. The SMILES string of the molecule is CC(=O)OCC1(CC(=O)N2CCOCC2)CCCN1C(=O)c1cc(CC(C)C)[nH]n1. The van der Waals surface area contributed by atoms with Crippen LogP contribution in [-0.2, 0) is 25.5 Å². The fraction of sp³-hybridized carbons (Fsp3) is 0.714. The molecule has 1 atom stereocenters. The molecule has 0 aliphatic carbocycles. The normalized spacial score (nSPS) is 21.9. The van der Waals surface area contributed by atoms with E-state index in [2.05, 4.69) is 24.0 Å². The first-order chi connectivity index (χ1) is 14.3. The molecule has 3 heterocycles. The Hall–Kier alpha value is -2.42. The van der Waals surface area contributed by atoms with E-state index in [1.54, 1.807) is 15.9 Å². The van der Waals surface area contributed by atoms with Gasteiger partial charge in [0.15, 0.2) is 0 Å². The first kappa shape index (κ1) is 22.3. The number of hydrogen-bond acceptors (Lipinski definition) is 6. The van der Waals surface area contributed by atoms with Crippen LogP contribution in [0.1, 0.15) is 56.2 Å². The third kappa shape index (κ3) is 5.19. The van der Waals surface area contributed by atoms with E-state index in [1.807, 2.05) is 0 Å². The highest BCUT2D eigenvalue weighted by Gasteiger charge is 2.47. The number of rotatable bonds is 7. The molecular formula is C21H32N4O5. The van der Waals surface area contributed by atoms with E-state index >= 15 is 0 Å². The molecule has 2 aliphatic heterocycles. The molecule has 2 saturated heterocycles. The first-order valence-electron chi connectivity index (χ1n) is 10.7. The molecular weight excluding hydrogens is 388 g/mol. The number of nitrogens with zero attached hydrogens (tertiary/aromatic N) is 3. The van der Waals surface area contributed by atoms with Crippen LogP contribution >= 0.6 is 0 Å². The number of carbonyl (C=O) groups excluding carboxylic acids is 3. The zero-order valence-corrected chi connectivity index (χ0v) is 18.1. The maximum absolute atomic E-state index is 13.3. The zero-order chi connectivity index (χ0) is 21.7. The molecule has 2 fully saturated rings. The smallest absolute Gasteiger partial charge is 0.302 e. The molecule has 0 radical (unpaired) electrons. The van der Waals surface area contributed by atoms with Crippen molar-refractivity contribution in [3.8, 4) is 0 Å². The Morgan fingerprint density at radius 3 is 2.67 bits per heavy atom. The number of morpholine rings is 1. The van der Waals surface area contributed by atoms with Crippen molar-refractivity contribution in [1.29, 1.82) is 0 Å². The summed E-state index contributed by atoms with van der Waals surface area (Å²) in [7, 11) is 0. The van der Waals surface area contributed by atoms with Crippen molar-refractivity contribution in [1.82, 2.24) is 20.0 Å². The average Bonchev–Trinajstić information content (AvgIpc) is 3.34. The van der Waals surface area contributed by atoms with Gasteiger partial charge in [-0.05, 0) is 31.2 Å². The summed E-state index contributed by atoms with van der Waals surface area (Å²) in [5.74, 6) is -0.269. The molecule has 1 unspecified atom stereocenters. The van der Waals surface area contributed by atoms with Gasteiger partial charge in [0, 0.05) is 32.3 Å². The zero-order valence-electron chi connectivity index (χ0n) is 18.1. The number of carbonyl (C=O) groups is 3. The second-order valence-electron chi connectivity index (χ2n) is 8.61. The van der Waals surface area contributed by atoms with Crippen molar-refractivity contribution in [3.63, 3.8) is 0 Å². The fourth-order valence-corrected chi connectivity index (χ4v) is 4.24. The van der Waals surface area contributed by atoms with Crippen LogP contribution in [0.25, 0.3) is 0 Å². The second kappa shape index (κ2) is 9.59. The van der Waals surface area contributed by atoms with Crippen LogP contribution < -0.4 is 0 Å². The number of ether oxygens (including phenoxy) is 2. The van der Waals surface area contributed by atoms with Crippen LogP contribution in [0.15, 0.2) is 6.07 Å². The third-order valence-electron chi connectivity index (χ3n) is 5.71. The minimum absolute atomic E-state index is 0.00737. The van der Waals surface area contributed by atoms with E-state index in [0.29, 0.717) is 50.9 Å². The van der Waals surface area contributed by atoms with Gasteiger partial charge in [0.2, 0.25) is 5.91 Å². The van der Waals surface area contributed by atoms with Crippen molar-refractivity contribution >= 4 is 17.8 Å². The monoisotopic (exact) mass is 420 g/mol. The average molecular weight is 421 g/mol. The number of amides is 2. The van der Waals surface area contributed by atoms with Gasteiger partial charge in [-0.15, -0.1) is 0 Å². The molecule has 1 aromatic rings. The van der Waals surface area contributed by atoms with Crippen LogP contribution in [0.5, 0.6) is 0 Å². The van der Waals surface area contributed by atoms with E-state index in [-0.39, 0.29) is 24.8 Å². The predicted octanol–water partition coefficient (Wildman–Crippen LogP) is 1.40. The fourth-order valence-electron chi connectivity index (χ4n) is 4.24. The molecule has 166 valence electrons. The van der Waals surface area contributed by atoms with Crippen molar-refractivity contribution in [3.05, 3.63) is 17.5 Å². The van der Waals surface area contributed by atoms with Gasteiger partial charge in [0.25, 0.3) is 5.91 Å². The maximum Gasteiger partial charge on any atom is 0.302 e. The third-order valence-corrected chi connectivity index (χ3v) is 5.71. The topological polar surface area (TPSA) is 105 Å². The number of hydrogen-bond donors (Lipinski definition) is 1. The van der Waals surface area contributed by atoms with Crippen molar-refractivity contribution in [2.75, 3.05) is 39.5 Å². The van der Waals surface area contributed by atoms with Gasteiger partial charge in [-0.3, -0.25) is 19.5 Å². The Labute approximate surface area is 177 Å². The summed E-state index contributed by atoms with van der Waals surface area (Å²) >= 11 is 0. The Kier molecular flexibility index (Phi) is 7.12. The molecule has 1 N–H and O–H groups in total. The van der Waals surface area contributed by atoms with Crippen LogP contribution in [0.2, 0.25) is 0 Å². The summed E-state index contributed by atoms with van der Waals surface area (Å²) < 4.78 is 10.7. The number of aromatic nitrogens is 2. The Bertz CT molecular complexity index is 771. The highest BCUT2D eigenvalue weighted by atomic mass is 16.5. The van der Waals surface area contributed by atoms with Crippen LogP contribution in [0, 0.1) is 5.92 Å². The Balaban J connectivity index is 1.80. The van der Waals surface area contributed by atoms with Crippen molar-refractivity contribution < 1.29 is 23.9 Å². The molecule has 2 aliphatic rings.